The minimum absolute atomic E-state index is 0.227. The van der Waals surface area contributed by atoms with Gasteiger partial charge in [0.15, 0.2) is 0 Å². The summed E-state index contributed by atoms with van der Waals surface area (Å²) in [5, 5.41) is 10.0. The normalized spacial score (nSPS) is 16.8. The summed E-state index contributed by atoms with van der Waals surface area (Å²) in [5.41, 5.74) is 6.45. The molecule has 1 heterocycles. The maximum atomic E-state index is 14.8. The molecule has 0 atom stereocenters. The van der Waals surface area contributed by atoms with E-state index in [2.05, 4.69) is 47.9 Å². The van der Waals surface area contributed by atoms with Crippen LogP contribution in [0.1, 0.15) is 42.5 Å². The highest BCUT2D eigenvalue weighted by Crippen LogP contribution is 2.42. The van der Waals surface area contributed by atoms with Gasteiger partial charge in [-0.2, -0.15) is 0 Å². The SMILES string of the molecule is CC(C)N1CCN(c2ccc(C3=C(c4ccc(F)cc4F)CCc4cc(O)ccc43)cc2)CC1. The van der Waals surface area contributed by atoms with Crippen molar-refractivity contribution in [3.8, 4) is 5.75 Å². The number of hydrogen-bond acceptors (Lipinski definition) is 3. The number of anilines is 1. The maximum Gasteiger partial charge on any atom is 0.133 e. The van der Waals surface area contributed by atoms with Crippen molar-refractivity contribution in [3.63, 3.8) is 0 Å². The van der Waals surface area contributed by atoms with Crippen molar-refractivity contribution in [1.82, 2.24) is 4.90 Å². The topological polar surface area (TPSA) is 26.7 Å². The van der Waals surface area contributed by atoms with Gasteiger partial charge in [0.1, 0.15) is 17.4 Å². The molecule has 5 heteroatoms. The molecule has 176 valence electrons. The molecule has 1 fully saturated rings. The number of aryl methyl sites for hydroxylation is 1. The molecule has 5 rings (SSSR count). The van der Waals surface area contributed by atoms with E-state index in [1.807, 2.05) is 6.07 Å². The largest absolute Gasteiger partial charge is 0.508 e. The minimum Gasteiger partial charge on any atom is -0.508 e. The molecule has 1 aliphatic carbocycles. The van der Waals surface area contributed by atoms with E-state index in [4.69, 9.17) is 0 Å². The molecule has 3 aromatic rings. The summed E-state index contributed by atoms with van der Waals surface area (Å²) < 4.78 is 28.5. The van der Waals surface area contributed by atoms with Crippen LogP contribution in [0.25, 0.3) is 11.1 Å². The molecule has 0 unspecified atom stereocenters. The van der Waals surface area contributed by atoms with E-state index in [1.54, 1.807) is 12.1 Å². The predicted octanol–water partition coefficient (Wildman–Crippen LogP) is 6.11. The van der Waals surface area contributed by atoms with Crippen molar-refractivity contribution in [2.45, 2.75) is 32.7 Å². The third-order valence-electron chi connectivity index (χ3n) is 7.13. The van der Waals surface area contributed by atoms with Crippen LogP contribution in [-0.2, 0) is 6.42 Å². The average Bonchev–Trinajstić information content (AvgIpc) is 2.84. The number of benzene rings is 3. The van der Waals surface area contributed by atoms with Crippen LogP contribution in [0.5, 0.6) is 5.75 Å². The highest BCUT2D eigenvalue weighted by molar-refractivity contribution is 6.01. The molecule has 3 nitrogen and oxygen atoms in total. The Hall–Kier alpha value is -3.18. The Kier molecular flexibility index (Phi) is 6.13. The van der Waals surface area contributed by atoms with E-state index >= 15 is 0 Å². The molecular formula is C29H30F2N2O. The van der Waals surface area contributed by atoms with Crippen LogP contribution in [-0.4, -0.2) is 42.2 Å². The van der Waals surface area contributed by atoms with Gasteiger partial charge in [-0.25, -0.2) is 8.78 Å². The number of allylic oxidation sites excluding steroid dienone is 1. The number of nitrogens with zero attached hydrogens (tertiary/aromatic N) is 2. The fourth-order valence-corrected chi connectivity index (χ4v) is 5.25. The van der Waals surface area contributed by atoms with Gasteiger partial charge in [-0.1, -0.05) is 18.2 Å². The van der Waals surface area contributed by atoms with Crippen LogP contribution < -0.4 is 4.90 Å². The van der Waals surface area contributed by atoms with Gasteiger partial charge in [0.25, 0.3) is 0 Å². The predicted molar refractivity (Wildman–Crippen MR) is 134 cm³/mol. The van der Waals surface area contributed by atoms with Gasteiger partial charge < -0.3 is 10.0 Å². The Morgan fingerprint density at radius 3 is 2.18 bits per heavy atom. The van der Waals surface area contributed by atoms with Crippen LogP contribution in [0.3, 0.4) is 0 Å². The first kappa shape index (κ1) is 22.6. The first-order chi connectivity index (χ1) is 16.4. The Morgan fingerprint density at radius 2 is 1.50 bits per heavy atom. The smallest absolute Gasteiger partial charge is 0.133 e. The number of hydrogen-bond donors (Lipinski definition) is 1. The lowest BCUT2D eigenvalue weighted by Crippen LogP contribution is -2.48. The summed E-state index contributed by atoms with van der Waals surface area (Å²) in [6.45, 7) is 8.57. The Labute approximate surface area is 200 Å². The fraction of sp³-hybridized carbons (Fsp3) is 0.310. The number of phenols is 1. The lowest BCUT2D eigenvalue weighted by atomic mass is 9.79. The number of aromatic hydroxyl groups is 1. The van der Waals surface area contributed by atoms with E-state index in [0.717, 1.165) is 60.1 Å². The molecule has 1 saturated heterocycles. The van der Waals surface area contributed by atoms with Gasteiger partial charge in [-0.3, -0.25) is 4.90 Å². The molecule has 2 aliphatic rings. The molecule has 1 aliphatic heterocycles. The van der Waals surface area contributed by atoms with Gasteiger partial charge in [0, 0.05) is 49.5 Å². The highest BCUT2D eigenvalue weighted by atomic mass is 19.1. The lowest BCUT2D eigenvalue weighted by molar-refractivity contribution is 0.209. The van der Waals surface area contributed by atoms with Crippen LogP contribution in [0.4, 0.5) is 14.5 Å². The number of fused-ring (bicyclic) bond motifs is 1. The summed E-state index contributed by atoms with van der Waals surface area (Å²) >= 11 is 0. The van der Waals surface area contributed by atoms with Crippen LogP contribution in [0.15, 0.2) is 60.7 Å². The maximum absolute atomic E-state index is 14.8. The van der Waals surface area contributed by atoms with Crippen molar-refractivity contribution in [1.29, 1.82) is 0 Å². The first-order valence-corrected chi connectivity index (χ1v) is 12.0. The Morgan fingerprint density at radius 1 is 0.794 bits per heavy atom. The number of phenolic OH excluding ortho intramolecular Hbond substituents is 1. The van der Waals surface area contributed by atoms with Crippen LogP contribution in [0, 0.1) is 11.6 Å². The molecule has 0 spiro atoms. The zero-order chi connectivity index (χ0) is 23.8. The zero-order valence-electron chi connectivity index (χ0n) is 19.7. The molecule has 1 N–H and O–H groups in total. The summed E-state index contributed by atoms with van der Waals surface area (Å²) in [4.78, 5) is 4.90. The molecule has 3 aromatic carbocycles. The fourth-order valence-electron chi connectivity index (χ4n) is 5.25. The summed E-state index contributed by atoms with van der Waals surface area (Å²) in [6.07, 6.45) is 1.31. The molecule has 34 heavy (non-hydrogen) atoms. The van der Waals surface area contributed by atoms with Gasteiger partial charge in [-0.05, 0) is 90.9 Å². The number of halogens is 2. The van der Waals surface area contributed by atoms with Crippen molar-refractivity contribution in [2.24, 2.45) is 0 Å². The summed E-state index contributed by atoms with van der Waals surface area (Å²) in [6, 6.07) is 18.2. The molecular weight excluding hydrogens is 430 g/mol. The zero-order valence-corrected chi connectivity index (χ0v) is 19.7. The van der Waals surface area contributed by atoms with Crippen molar-refractivity contribution >= 4 is 16.8 Å². The second kappa shape index (κ2) is 9.22. The molecule has 0 aromatic heterocycles. The van der Waals surface area contributed by atoms with E-state index in [1.165, 1.54) is 17.8 Å². The first-order valence-electron chi connectivity index (χ1n) is 12.0. The highest BCUT2D eigenvalue weighted by Gasteiger charge is 2.24. The summed E-state index contributed by atoms with van der Waals surface area (Å²) in [5.74, 6) is -0.897. The monoisotopic (exact) mass is 460 g/mol. The molecule has 0 radical (unpaired) electrons. The Balaban J connectivity index is 1.54. The molecule has 0 saturated carbocycles. The average molecular weight is 461 g/mol. The van der Waals surface area contributed by atoms with Crippen molar-refractivity contribution in [2.75, 3.05) is 31.1 Å². The van der Waals surface area contributed by atoms with Gasteiger partial charge in [0.2, 0.25) is 0 Å². The third kappa shape index (κ3) is 4.32. The van der Waals surface area contributed by atoms with E-state index in [-0.39, 0.29) is 5.75 Å². The van der Waals surface area contributed by atoms with Gasteiger partial charge in [-0.15, -0.1) is 0 Å². The molecule has 0 bridgehead atoms. The molecule has 0 amide bonds. The second-order valence-electron chi connectivity index (χ2n) is 9.48. The quantitative estimate of drug-likeness (QED) is 0.509. The van der Waals surface area contributed by atoms with Crippen molar-refractivity contribution < 1.29 is 13.9 Å². The third-order valence-corrected chi connectivity index (χ3v) is 7.13. The lowest BCUT2D eigenvalue weighted by Gasteiger charge is -2.38. The standard InChI is InChI=1S/C29H30F2N2O/c1-19(2)32-13-15-33(16-14-32)23-7-3-20(4-8-23)29-25-12-9-24(34)17-21(25)5-10-27(29)26-11-6-22(30)18-28(26)31/h3-4,6-9,11-12,17-19,34H,5,10,13-16H2,1-2H3. The number of rotatable bonds is 4. The second-order valence-corrected chi connectivity index (χ2v) is 9.48. The van der Waals surface area contributed by atoms with Crippen molar-refractivity contribution in [3.05, 3.63) is 94.6 Å². The van der Waals surface area contributed by atoms with E-state index < -0.39 is 11.6 Å². The van der Waals surface area contributed by atoms with Crippen LogP contribution >= 0.6 is 0 Å². The summed E-state index contributed by atoms with van der Waals surface area (Å²) in [7, 11) is 0. The van der Waals surface area contributed by atoms with Crippen LogP contribution in [0.2, 0.25) is 0 Å². The minimum atomic E-state index is -0.577. The number of piperazine rings is 1. The van der Waals surface area contributed by atoms with E-state index in [9.17, 15) is 13.9 Å². The van der Waals surface area contributed by atoms with Gasteiger partial charge in [0.05, 0.1) is 0 Å². The van der Waals surface area contributed by atoms with E-state index in [0.29, 0.717) is 24.4 Å². The Bertz CT molecular complexity index is 1230. The van der Waals surface area contributed by atoms with Gasteiger partial charge >= 0.3 is 0 Å².